The van der Waals surface area contributed by atoms with Crippen LogP contribution in [0.2, 0.25) is 5.02 Å². The van der Waals surface area contributed by atoms with E-state index in [4.69, 9.17) is 11.6 Å². The maximum absolute atomic E-state index is 13.9. The molecule has 1 aromatic rings. The molecule has 1 fully saturated rings. The van der Waals surface area contributed by atoms with Crippen LogP contribution in [0, 0.1) is 23.6 Å². The lowest BCUT2D eigenvalue weighted by Gasteiger charge is -2.21. The summed E-state index contributed by atoms with van der Waals surface area (Å²) in [4.78, 5) is 0. The molecule has 1 aromatic carbocycles. The third-order valence-corrected chi connectivity index (χ3v) is 4.51. The summed E-state index contributed by atoms with van der Waals surface area (Å²) in [6, 6.07) is 5.06. The Morgan fingerprint density at radius 1 is 1.30 bits per heavy atom. The van der Waals surface area contributed by atoms with E-state index in [-0.39, 0.29) is 5.82 Å². The number of rotatable bonds is 6. The van der Waals surface area contributed by atoms with E-state index >= 15 is 0 Å². The highest BCUT2D eigenvalue weighted by Crippen LogP contribution is 2.34. The average Bonchev–Trinajstić information content (AvgIpc) is 2.80. The molecule has 0 aromatic heterocycles. The average molecular weight is 298 g/mol. The van der Waals surface area contributed by atoms with Gasteiger partial charge in [0, 0.05) is 5.02 Å². The van der Waals surface area contributed by atoms with Gasteiger partial charge in [-0.25, -0.2) is 4.39 Å². The van der Waals surface area contributed by atoms with Gasteiger partial charge in [-0.1, -0.05) is 37.9 Å². The third-order valence-electron chi connectivity index (χ3n) is 4.27. The molecular weight excluding hydrogens is 273 g/mol. The molecule has 1 saturated carbocycles. The van der Waals surface area contributed by atoms with E-state index in [1.54, 1.807) is 6.07 Å². The summed E-state index contributed by atoms with van der Waals surface area (Å²) >= 11 is 5.81. The Balaban J connectivity index is 1.90. The zero-order valence-electron chi connectivity index (χ0n) is 12.5. The smallest absolute Gasteiger partial charge is 0.127 e. The molecule has 0 aliphatic heterocycles. The van der Waals surface area contributed by atoms with E-state index in [2.05, 4.69) is 19.2 Å². The minimum atomic E-state index is -0.154. The third kappa shape index (κ3) is 4.46. The molecule has 112 valence electrons. The molecule has 0 radical (unpaired) electrons. The number of hydrogen-bond acceptors (Lipinski definition) is 1. The lowest BCUT2D eigenvalue weighted by atomic mass is 9.89. The van der Waals surface area contributed by atoms with Gasteiger partial charge in [0.2, 0.25) is 0 Å². The van der Waals surface area contributed by atoms with Crippen LogP contribution in [-0.4, -0.2) is 13.1 Å². The van der Waals surface area contributed by atoms with Gasteiger partial charge in [-0.2, -0.15) is 0 Å². The monoisotopic (exact) mass is 297 g/mol. The highest BCUT2D eigenvalue weighted by molar-refractivity contribution is 6.30. The number of nitrogens with one attached hydrogen (secondary N) is 1. The van der Waals surface area contributed by atoms with Crippen molar-refractivity contribution in [3.8, 4) is 0 Å². The van der Waals surface area contributed by atoms with Crippen molar-refractivity contribution in [1.29, 1.82) is 0 Å². The highest BCUT2D eigenvalue weighted by atomic mass is 35.5. The van der Waals surface area contributed by atoms with E-state index < -0.39 is 0 Å². The van der Waals surface area contributed by atoms with E-state index in [0.717, 1.165) is 25.1 Å². The molecular formula is C17H25ClFN. The van der Waals surface area contributed by atoms with Crippen LogP contribution in [0.4, 0.5) is 4.39 Å². The fourth-order valence-corrected chi connectivity index (χ4v) is 3.34. The number of hydrogen-bond donors (Lipinski definition) is 1. The Morgan fingerprint density at radius 2 is 2.05 bits per heavy atom. The van der Waals surface area contributed by atoms with Crippen LogP contribution in [0.25, 0.3) is 0 Å². The molecule has 0 saturated heterocycles. The maximum Gasteiger partial charge on any atom is 0.127 e. The van der Waals surface area contributed by atoms with Gasteiger partial charge in [0.1, 0.15) is 5.82 Å². The van der Waals surface area contributed by atoms with Crippen molar-refractivity contribution in [1.82, 2.24) is 5.32 Å². The van der Waals surface area contributed by atoms with Gasteiger partial charge in [-0.05, 0) is 67.8 Å². The summed E-state index contributed by atoms with van der Waals surface area (Å²) in [6.45, 7) is 6.58. The van der Waals surface area contributed by atoms with Gasteiger partial charge >= 0.3 is 0 Å². The molecule has 1 aliphatic rings. The minimum Gasteiger partial charge on any atom is -0.316 e. The molecule has 0 spiro atoms. The van der Waals surface area contributed by atoms with Crippen LogP contribution in [0.1, 0.15) is 38.7 Å². The summed E-state index contributed by atoms with van der Waals surface area (Å²) in [5.74, 6) is 1.82. The standard InChI is InChI=1S/C17H25ClFN/c1-12(2)10-20-11-15-5-3-4-13(15)8-14-6-7-16(18)9-17(14)19/h6-7,9,12-13,15,20H,3-5,8,10-11H2,1-2H3. The Kier molecular flexibility index (Phi) is 5.86. The first-order valence-corrected chi connectivity index (χ1v) is 8.08. The summed E-state index contributed by atoms with van der Waals surface area (Å²) in [6.07, 6.45) is 4.60. The maximum atomic E-state index is 13.9. The van der Waals surface area contributed by atoms with Crippen LogP contribution in [0.3, 0.4) is 0 Å². The Labute approximate surface area is 126 Å². The van der Waals surface area contributed by atoms with Gasteiger partial charge in [0.25, 0.3) is 0 Å². The summed E-state index contributed by atoms with van der Waals surface area (Å²) in [5.41, 5.74) is 0.815. The second kappa shape index (κ2) is 7.42. The minimum absolute atomic E-state index is 0.154. The number of halogens is 2. The summed E-state index contributed by atoms with van der Waals surface area (Å²) < 4.78 is 13.9. The van der Waals surface area contributed by atoms with E-state index in [0.29, 0.717) is 22.8 Å². The van der Waals surface area contributed by atoms with Crippen molar-refractivity contribution in [2.45, 2.75) is 39.5 Å². The predicted molar refractivity (Wildman–Crippen MR) is 83.7 cm³/mol. The highest BCUT2D eigenvalue weighted by Gasteiger charge is 2.27. The molecule has 0 bridgehead atoms. The van der Waals surface area contributed by atoms with E-state index in [1.165, 1.54) is 25.3 Å². The molecule has 2 unspecified atom stereocenters. The summed E-state index contributed by atoms with van der Waals surface area (Å²) in [5, 5.41) is 4.03. The van der Waals surface area contributed by atoms with E-state index in [9.17, 15) is 4.39 Å². The molecule has 1 N–H and O–H groups in total. The second-order valence-corrected chi connectivity index (χ2v) is 6.88. The number of benzene rings is 1. The normalized spacial score (nSPS) is 22.6. The molecule has 0 amide bonds. The largest absolute Gasteiger partial charge is 0.316 e. The van der Waals surface area contributed by atoms with Gasteiger partial charge in [0.05, 0.1) is 0 Å². The Bertz CT molecular complexity index is 433. The molecule has 20 heavy (non-hydrogen) atoms. The Hall–Kier alpha value is -0.600. The Morgan fingerprint density at radius 3 is 2.75 bits per heavy atom. The first kappa shape index (κ1) is 15.8. The molecule has 2 rings (SSSR count). The van der Waals surface area contributed by atoms with Crippen LogP contribution < -0.4 is 5.32 Å². The molecule has 2 atom stereocenters. The molecule has 0 heterocycles. The fraction of sp³-hybridized carbons (Fsp3) is 0.647. The topological polar surface area (TPSA) is 12.0 Å². The van der Waals surface area contributed by atoms with Crippen molar-refractivity contribution < 1.29 is 4.39 Å². The van der Waals surface area contributed by atoms with Crippen molar-refractivity contribution in [3.05, 3.63) is 34.6 Å². The fourth-order valence-electron chi connectivity index (χ4n) is 3.18. The van der Waals surface area contributed by atoms with Gasteiger partial charge in [-0.3, -0.25) is 0 Å². The SMILES string of the molecule is CC(C)CNCC1CCCC1Cc1ccc(Cl)cc1F. The van der Waals surface area contributed by atoms with Crippen LogP contribution in [0.5, 0.6) is 0 Å². The van der Waals surface area contributed by atoms with Crippen molar-refractivity contribution in [3.63, 3.8) is 0 Å². The van der Waals surface area contributed by atoms with Crippen LogP contribution >= 0.6 is 11.6 Å². The van der Waals surface area contributed by atoms with Crippen molar-refractivity contribution >= 4 is 11.6 Å². The van der Waals surface area contributed by atoms with Crippen LogP contribution in [-0.2, 0) is 6.42 Å². The lowest BCUT2D eigenvalue weighted by Crippen LogP contribution is -2.29. The molecule has 1 nitrogen and oxygen atoms in total. The summed E-state index contributed by atoms with van der Waals surface area (Å²) in [7, 11) is 0. The predicted octanol–water partition coefficient (Wildman–Crippen LogP) is 4.68. The van der Waals surface area contributed by atoms with Crippen molar-refractivity contribution in [2.24, 2.45) is 17.8 Å². The van der Waals surface area contributed by atoms with Gasteiger partial charge < -0.3 is 5.32 Å². The zero-order chi connectivity index (χ0) is 14.5. The lowest BCUT2D eigenvalue weighted by molar-refractivity contribution is 0.354. The first-order valence-electron chi connectivity index (χ1n) is 7.71. The van der Waals surface area contributed by atoms with E-state index in [1.807, 2.05) is 6.07 Å². The van der Waals surface area contributed by atoms with Crippen LogP contribution in [0.15, 0.2) is 18.2 Å². The van der Waals surface area contributed by atoms with Crippen molar-refractivity contribution in [2.75, 3.05) is 13.1 Å². The van der Waals surface area contributed by atoms with Gasteiger partial charge in [0.15, 0.2) is 0 Å². The second-order valence-electron chi connectivity index (χ2n) is 6.44. The molecule has 1 aliphatic carbocycles. The van der Waals surface area contributed by atoms with Gasteiger partial charge in [-0.15, -0.1) is 0 Å². The molecule has 3 heteroatoms. The zero-order valence-corrected chi connectivity index (χ0v) is 13.2. The first-order chi connectivity index (χ1) is 9.56. The quantitative estimate of drug-likeness (QED) is 0.803.